The van der Waals surface area contributed by atoms with E-state index in [9.17, 15) is 33.6 Å². The maximum Gasteiger partial charge on any atom is 0.336 e. The number of fused-ring (bicyclic) bond motifs is 1. The molecule has 2 heterocycles. The molecule has 3 rings (SSSR count). The van der Waals surface area contributed by atoms with E-state index in [1.54, 1.807) is 0 Å². The van der Waals surface area contributed by atoms with Crippen molar-refractivity contribution in [2.45, 2.75) is 43.4 Å². The third-order valence-electron chi connectivity index (χ3n) is 4.64. The molecule has 0 spiro atoms. The molecule has 0 aliphatic carbocycles. The Morgan fingerprint density at radius 2 is 1.83 bits per heavy atom. The highest BCUT2D eigenvalue weighted by molar-refractivity contribution is 7.85. The number of aryl methyl sites for hydroxylation is 1. The van der Waals surface area contributed by atoms with Gasteiger partial charge in [-0.2, -0.15) is 8.42 Å². The number of benzene rings is 1. The number of ether oxygens (including phenoxy) is 1. The van der Waals surface area contributed by atoms with Gasteiger partial charge in [0.15, 0.2) is 0 Å². The molecule has 5 atom stereocenters. The monoisotopic (exact) mass is 432 g/mol. The molecule has 0 saturated carbocycles. The van der Waals surface area contributed by atoms with Gasteiger partial charge in [0.05, 0.1) is 6.61 Å². The van der Waals surface area contributed by atoms with E-state index >= 15 is 0 Å². The number of hydrogen-bond acceptors (Lipinski definition) is 11. The van der Waals surface area contributed by atoms with Gasteiger partial charge in [-0.1, -0.05) is 0 Å². The van der Waals surface area contributed by atoms with Crippen molar-refractivity contribution in [2.24, 2.45) is 0 Å². The van der Waals surface area contributed by atoms with E-state index < -0.39 is 58.8 Å². The summed E-state index contributed by atoms with van der Waals surface area (Å²) in [5.74, 6) is -0.952. The van der Waals surface area contributed by atoms with E-state index in [1.807, 2.05) is 0 Å². The minimum absolute atomic E-state index is 0.00976. The molecule has 1 aromatic heterocycles. The van der Waals surface area contributed by atoms with Gasteiger partial charge in [0.1, 0.15) is 41.5 Å². The topological polar surface area (TPSA) is 184 Å². The lowest BCUT2D eigenvalue weighted by molar-refractivity contribution is -0.276. The highest BCUT2D eigenvalue weighted by Gasteiger charge is 2.45. The summed E-state index contributed by atoms with van der Waals surface area (Å²) in [6.07, 6.45) is -8.61. The summed E-state index contributed by atoms with van der Waals surface area (Å²) in [6.45, 7) is 0.737. The van der Waals surface area contributed by atoms with Crippen LogP contribution in [0.3, 0.4) is 0 Å². The molecule has 29 heavy (non-hydrogen) atoms. The van der Waals surface area contributed by atoms with Crippen LogP contribution in [0.25, 0.3) is 11.0 Å². The SMILES string of the molecule is Cc1c(O)ccc2c(CS(=O)(=O)OC3O[C@H](CO)[C@H](O)[C@H](O)[C@H]3O)cc(=O)oc12. The molecule has 2 aromatic rings. The molecule has 0 amide bonds. The van der Waals surface area contributed by atoms with Crippen molar-refractivity contribution >= 4 is 21.1 Å². The minimum atomic E-state index is -4.47. The Hall–Kier alpha value is -2.06. The summed E-state index contributed by atoms with van der Waals surface area (Å²) >= 11 is 0. The fourth-order valence-corrected chi connectivity index (χ4v) is 4.19. The van der Waals surface area contributed by atoms with E-state index in [-0.39, 0.29) is 27.8 Å². The smallest absolute Gasteiger partial charge is 0.336 e. The van der Waals surface area contributed by atoms with Crippen LogP contribution in [0.4, 0.5) is 0 Å². The molecule has 1 aliphatic rings. The average molecular weight is 432 g/mol. The maximum absolute atomic E-state index is 12.5. The van der Waals surface area contributed by atoms with Crippen LogP contribution in [-0.4, -0.2) is 71.3 Å². The van der Waals surface area contributed by atoms with Gasteiger partial charge >= 0.3 is 5.63 Å². The van der Waals surface area contributed by atoms with E-state index in [0.717, 1.165) is 6.07 Å². The molecule has 12 heteroatoms. The zero-order valence-electron chi connectivity index (χ0n) is 15.1. The van der Waals surface area contributed by atoms with Crippen LogP contribution >= 0.6 is 0 Å². The zero-order chi connectivity index (χ0) is 21.5. The van der Waals surface area contributed by atoms with Crippen molar-refractivity contribution in [2.75, 3.05) is 6.61 Å². The standard InChI is InChI=1S/C17H20O11S/c1-7-10(19)3-2-9-8(4-12(20)27-16(7)9)6-29(24,25)28-17-15(23)14(22)13(21)11(5-18)26-17/h2-4,11,13-15,17-19,21-23H,5-6H2,1H3/t11-,13+,14+,15-,17?/m1/s1. The van der Waals surface area contributed by atoms with Crippen LogP contribution in [0.5, 0.6) is 5.75 Å². The van der Waals surface area contributed by atoms with Crippen molar-refractivity contribution in [3.63, 3.8) is 0 Å². The Morgan fingerprint density at radius 3 is 2.48 bits per heavy atom. The number of rotatable bonds is 5. The van der Waals surface area contributed by atoms with Crippen LogP contribution in [-0.2, 0) is 24.8 Å². The molecule has 11 nitrogen and oxygen atoms in total. The molecule has 1 fully saturated rings. The number of aliphatic hydroxyl groups is 4. The van der Waals surface area contributed by atoms with Gasteiger partial charge in [-0.3, -0.25) is 0 Å². The largest absolute Gasteiger partial charge is 0.508 e. The quantitative estimate of drug-likeness (QED) is 0.272. The van der Waals surface area contributed by atoms with Crippen molar-refractivity contribution in [1.82, 2.24) is 0 Å². The van der Waals surface area contributed by atoms with Crippen LogP contribution < -0.4 is 5.63 Å². The second-order valence-electron chi connectivity index (χ2n) is 6.67. The summed E-state index contributed by atoms with van der Waals surface area (Å²) < 4.78 is 39.9. The fourth-order valence-electron chi connectivity index (χ4n) is 3.05. The first-order chi connectivity index (χ1) is 13.5. The number of phenolic OH excluding ortho intramolecular Hbond substituents is 1. The molecular formula is C17H20O11S. The lowest BCUT2D eigenvalue weighted by Crippen LogP contribution is -2.59. The molecule has 0 radical (unpaired) electrons. The first-order valence-electron chi connectivity index (χ1n) is 8.51. The molecule has 160 valence electrons. The second-order valence-corrected chi connectivity index (χ2v) is 8.27. The normalized spacial score (nSPS) is 28.0. The Morgan fingerprint density at radius 1 is 1.14 bits per heavy atom. The number of aliphatic hydroxyl groups excluding tert-OH is 4. The van der Waals surface area contributed by atoms with E-state index in [0.29, 0.717) is 0 Å². The van der Waals surface area contributed by atoms with Gasteiger partial charge in [-0.05, 0) is 24.6 Å². The lowest BCUT2D eigenvalue weighted by Gasteiger charge is -2.39. The fraction of sp³-hybridized carbons (Fsp3) is 0.471. The van der Waals surface area contributed by atoms with E-state index in [4.69, 9.17) is 18.4 Å². The molecule has 1 unspecified atom stereocenters. The predicted molar refractivity (Wildman–Crippen MR) is 96.4 cm³/mol. The van der Waals surface area contributed by atoms with Crippen LogP contribution in [0.1, 0.15) is 11.1 Å². The van der Waals surface area contributed by atoms with Crippen molar-refractivity contribution in [3.8, 4) is 5.75 Å². The molecule has 1 aromatic carbocycles. The highest BCUT2D eigenvalue weighted by Crippen LogP contribution is 2.29. The summed E-state index contributed by atoms with van der Waals surface area (Å²) in [4.78, 5) is 11.8. The Kier molecular flexibility index (Phi) is 5.96. The molecule has 5 N–H and O–H groups in total. The predicted octanol–water partition coefficient (Wildman–Crippen LogP) is -1.55. The van der Waals surface area contributed by atoms with Crippen LogP contribution in [0, 0.1) is 6.92 Å². The van der Waals surface area contributed by atoms with Gasteiger partial charge in [0.2, 0.25) is 6.29 Å². The highest BCUT2D eigenvalue weighted by atomic mass is 32.2. The van der Waals surface area contributed by atoms with Crippen molar-refractivity contribution in [3.05, 3.63) is 39.7 Å². The van der Waals surface area contributed by atoms with Gasteiger partial charge in [0.25, 0.3) is 10.1 Å². The second kappa shape index (κ2) is 7.99. The Labute approximate surface area is 164 Å². The van der Waals surface area contributed by atoms with E-state index in [2.05, 4.69) is 0 Å². The summed E-state index contributed by atoms with van der Waals surface area (Å²) in [7, 11) is -4.47. The zero-order valence-corrected chi connectivity index (χ0v) is 15.9. The van der Waals surface area contributed by atoms with Crippen molar-refractivity contribution < 1.29 is 47.3 Å². The van der Waals surface area contributed by atoms with Gasteiger partial charge in [-0.25, -0.2) is 8.98 Å². The molecule has 0 bridgehead atoms. The number of phenols is 1. The average Bonchev–Trinajstić information content (AvgIpc) is 2.65. The first kappa shape index (κ1) is 21.6. The third kappa shape index (κ3) is 4.28. The van der Waals surface area contributed by atoms with Gasteiger partial charge < -0.3 is 34.7 Å². The third-order valence-corrected chi connectivity index (χ3v) is 5.79. The van der Waals surface area contributed by atoms with Gasteiger partial charge in [-0.15, -0.1) is 0 Å². The summed E-state index contributed by atoms with van der Waals surface area (Å²) in [6, 6.07) is 3.64. The number of aromatic hydroxyl groups is 1. The molecule has 1 saturated heterocycles. The summed E-state index contributed by atoms with van der Waals surface area (Å²) in [5.41, 5.74) is -0.572. The number of hydrogen-bond donors (Lipinski definition) is 5. The van der Waals surface area contributed by atoms with Crippen LogP contribution in [0.2, 0.25) is 0 Å². The first-order valence-corrected chi connectivity index (χ1v) is 10.1. The minimum Gasteiger partial charge on any atom is -0.508 e. The van der Waals surface area contributed by atoms with Gasteiger partial charge in [0, 0.05) is 17.0 Å². The van der Waals surface area contributed by atoms with Crippen LogP contribution in [0.15, 0.2) is 27.4 Å². The van der Waals surface area contributed by atoms with E-state index in [1.165, 1.54) is 19.1 Å². The molecule has 1 aliphatic heterocycles. The lowest BCUT2D eigenvalue weighted by atomic mass is 10.00. The molecular weight excluding hydrogens is 412 g/mol. The summed E-state index contributed by atoms with van der Waals surface area (Å²) in [5, 5.41) is 48.6. The Balaban J connectivity index is 1.90. The Bertz CT molecular complexity index is 1060. The maximum atomic E-state index is 12.5. The van der Waals surface area contributed by atoms with Crippen molar-refractivity contribution in [1.29, 1.82) is 0 Å².